The van der Waals surface area contributed by atoms with Gasteiger partial charge < -0.3 is 18.9 Å². The molecule has 186 valence electrons. The van der Waals surface area contributed by atoms with Crippen LogP contribution < -0.4 is 20.3 Å². The second-order valence-corrected chi connectivity index (χ2v) is 9.47. The largest absolute Gasteiger partial charge is 0.470 e. The number of imide groups is 2. The van der Waals surface area contributed by atoms with E-state index in [0.29, 0.717) is 5.56 Å². The van der Waals surface area contributed by atoms with Gasteiger partial charge in [0.15, 0.2) is 11.2 Å². The van der Waals surface area contributed by atoms with Crippen LogP contribution >= 0.6 is 0 Å². The van der Waals surface area contributed by atoms with Crippen LogP contribution in [0.4, 0.5) is 14.9 Å². The third kappa shape index (κ3) is 3.19. The standard InChI is InChI=1S/C25H23FN4O6/c1-12-10-30-18-15(9-25(20(30)13(2)35-12)22(31)27-24(33)28-23(25)32)8-16-19(17(18)26)36-29-21(16)34-11-14-6-4-3-5-7-14/h3-8,12-13,20H,9-11H2,1-2H3,(H2,27,28,31,32,33)/t12-,13+,20-/m1/s1. The summed E-state index contributed by atoms with van der Waals surface area (Å²) in [5, 5.41) is 8.67. The molecule has 36 heavy (non-hydrogen) atoms. The highest BCUT2D eigenvalue weighted by atomic mass is 19.1. The fourth-order valence-electron chi connectivity index (χ4n) is 5.76. The molecule has 1 spiro atoms. The van der Waals surface area contributed by atoms with Crippen LogP contribution in [-0.2, 0) is 27.4 Å². The van der Waals surface area contributed by atoms with Crippen molar-refractivity contribution in [2.24, 2.45) is 5.41 Å². The fraction of sp³-hybridized carbons (Fsp3) is 0.360. The number of nitrogens with zero attached hydrogens (tertiary/aromatic N) is 2. The summed E-state index contributed by atoms with van der Waals surface area (Å²) in [5.41, 5.74) is -0.257. The summed E-state index contributed by atoms with van der Waals surface area (Å²) < 4.78 is 33.2. The summed E-state index contributed by atoms with van der Waals surface area (Å²) in [5.74, 6) is -2.04. The number of carbonyl (C=O) groups is 3. The predicted molar refractivity (Wildman–Crippen MR) is 124 cm³/mol. The van der Waals surface area contributed by atoms with Crippen molar-refractivity contribution in [3.8, 4) is 5.88 Å². The summed E-state index contributed by atoms with van der Waals surface area (Å²) in [6.45, 7) is 3.99. The third-order valence-electron chi connectivity index (χ3n) is 7.15. The minimum atomic E-state index is -1.71. The molecule has 10 nitrogen and oxygen atoms in total. The number of halogens is 1. The highest BCUT2D eigenvalue weighted by molar-refractivity contribution is 6.20. The van der Waals surface area contributed by atoms with Crippen molar-refractivity contribution in [3.63, 3.8) is 0 Å². The maximum atomic E-state index is 16.0. The Morgan fingerprint density at radius 1 is 1.17 bits per heavy atom. The van der Waals surface area contributed by atoms with E-state index in [2.05, 4.69) is 15.8 Å². The number of hydrogen-bond donors (Lipinski definition) is 2. The minimum absolute atomic E-state index is 0.0777. The first kappa shape index (κ1) is 22.5. The molecule has 11 heteroatoms. The summed E-state index contributed by atoms with van der Waals surface area (Å²) in [4.78, 5) is 40.1. The lowest BCUT2D eigenvalue weighted by molar-refractivity contribution is -0.153. The van der Waals surface area contributed by atoms with Crippen molar-refractivity contribution < 1.29 is 32.8 Å². The predicted octanol–water partition coefficient (Wildman–Crippen LogP) is 2.44. The zero-order valence-corrected chi connectivity index (χ0v) is 19.5. The van der Waals surface area contributed by atoms with Gasteiger partial charge in [-0.2, -0.15) is 0 Å². The molecule has 3 aliphatic heterocycles. The van der Waals surface area contributed by atoms with Gasteiger partial charge in [0.25, 0.3) is 5.88 Å². The van der Waals surface area contributed by atoms with E-state index in [1.54, 1.807) is 17.9 Å². The monoisotopic (exact) mass is 494 g/mol. The zero-order valence-electron chi connectivity index (χ0n) is 19.5. The number of barbiturate groups is 1. The Morgan fingerprint density at radius 2 is 1.89 bits per heavy atom. The van der Waals surface area contributed by atoms with E-state index >= 15 is 4.39 Å². The molecule has 3 aromatic rings. The van der Waals surface area contributed by atoms with E-state index < -0.39 is 41.2 Å². The first-order valence-corrected chi connectivity index (χ1v) is 11.7. The van der Waals surface area contributed by atoms with Gasteiger partial charge in [-0.25, -0.2) is 9.18 Å². The second-order valence-electron chi connectivity index (χ2n) is 9.47. The molecule has 2 aromatic carbocycles. The first-order chi connectivity index (χ1) is 17.3. The van der Waals surface area contributed by atoms with Gasteiger partial charge in [-0.3, -0.25) is 20.2 Å². The quantitative estimate of drug-likeness (QED) is 0.533. The lowest BCUT2D eigenvalue weighted by Crippen LogP contribution is -2.75. The maximum absolute atomic E-state index is 16.0. The maximum Gasteiger partial charge on any atom is 0.328 e. The molecule has 2 N–H and O–H groups in total. The van der Waals surface area contributed by atoms with Crippen molar-refractivity contribution in [3.05, 3.63) is 53.3 Å². The highest BCUT2D eigenvalue weighted by Gasteiger charge is 2.63. The normalized spacial score (nSPS) is 24.8. The van der Waals surface area contributed by atoms with Crippen LogP contribution in [0.15, 0.2) is 40.9 Å². The van der Waals surface area contributed by atoms with Gasteiger partial charge in [0.05, 0.1) is 29.3 Å². The van der Waals surface area contributed by atoms with Gasteiger partial charge in [-0.15, -0.1) is 0 Å². The Balaban J connectivity index is 1.49. The van der Waals surface area contributed by atoms with Gasteiger partial charge in [0.1, 0.15) is 6.61 Å². The van der Waals surface area contributed by atoms with Crippen molar-refractivity contribution >= 4 is 34.5 Å². The number of aromatic nitrogens is 1. The topological polar surface area (TPSA) is 123 Å². The fourth-order valence-corrected chi connectivity index (χ4v) is 5.76. The average Bonchev–Trinajstić information content (AvgIpc) is 3.24. The van der Waals surface area contributed by atoms with Gasteiger partial charge in [0.2, 0.25) is 17.4 Å². The van der Waals surface area contributed by atoms with E-state index in [0.717, 1.165) is 5.56 Å². The van der Waals surface area contributed by atoms with Crippen molar-refractivity contribution in [1.29, 1.82) is 0 Å². The smallest absolute Gasteiger partial charge is 0.328 e. The number of nitrogens with one attached hydrogen (secondary N) is 2. The van der Waals surface area contributed by atoms with Crippen LogP contribution in [-0.4, -0.2) is 47.8 Å². The van der Waals surface area contributed by atoms with Crippen LogP contribution in [0.1, 0.15) is 25.0 Å². The molecule has 6 rings (SSSR count). The summed E-state index contributed by atoms with van der Waals surface area (Å²) in [6, 6.07) is 9.32. The van der Waals surface area contributed by atoms with Crippen LogP contribution in [0, 0.1) is 11.2 Å². The van der Waals surface area contributed by atoms with Crippen LogP contribution in [0.25, 0.3) is 11.0 Å². The Bertz CT molecular complexity index is 1390. The molecule has 0 bridgehead atoms. The van der Waals surface area contributed by atoms with Gasteiger partial charge in [-0.05, 0) is 36.2 Å². The van der Waals surface area contributed by atoms with Crippen molar-refractivity contribution in [2.75, 3.05) is 11.4 Å². The lowest BCUT2D eigenvalue weighted by atomic mass is 9.66. The molecule has 4 heterocycles. The van der Waals surface area contributed by atoms with Gasteiger partial charge in [0, 0.05) is 13.0 Å². The average molecular weight is 494 g/mol. The number of anilines is 1. The molecule has 0 radical (unpaired) electrons. The molecule has 2 fully saturated rings. The molecule has 0 saturated carbocycles. The van der Waals surface area contributed by atoms with Gasteiger partial charge >= 0.3 is 6.03 Å². The van der Waals surface area contributed by atoms with E-state index in [4.69, 9.17) is 14.0 Å². The Labute approximate surface area is 204 Å². The Kier molecular flexibility index (Phi) is 5.01. The highest BCUT2D eigenvalue weighted by Crippen LogP contribution is 2.49. The zero-order chi connectivity index (χ0) is 25.2. The minimum Gasteiger partial charge on any atom is -0.470 e. The number of ether oxygens (including phenoxy) is 2. The lowest BCUT2D eigenvalue weighted by Gasteiger charge is -2.55. The SMILES string of the molecule is C[C@@H]1CN2c3c(cc4c(OCc5ccccc5)noc4c3F)CC3(C(=O)NC(=O)NC3=O)[C@H]2[C@H](C)O1. The molecule has 3 aliphatic rings. The molecule has 0 unspecified atom stereocenters. The van der Waals surface area contributed by atoms with Crippen LogP contribution in [0.2, 0.25) is 0 Å². The van der Waals surface area contributed by atoms with Gasteiger partial charge in [-0.1, -0.05) is 30.3 Å². The van der Waals surface area contributed by atoms with E-state index in [1.807, 2.05) is 37.3 Å². The number of morpholine rings is 1. The number of rotatable bonds is 3. The van der Waals surface area contributed by atoms with Crippen molar-refractivity contribution in [2.45, 2.75) is 45.1 Å². The number of hydrogen-bond acceptors (Lipinski definition) is 8. The summed E-state index contributed by atoms with van der Waals surface area (Å²) in [7, 11) is 0. The number of urea groups is 1. The summed E-state index contributed by atoms with van der Waals surface area (Å²) in [6.07, 6.45) is -1.06. The Morgan fingerprint density at radius 3 is 2.61 bits per heavy atom. The number of amides is 4. The number of carbonyl (C=O) groups excluding carboxylic acids is 3. The number of fused-ring (bicyclic) bond motifs is 5. The van der Waals surface area contributed by atoms with Crippen LogP contribution in [0.5, 0.6) is 5.88 Å². The molecule has 3 atom stereocenters. The second kappa shape index (κ2) is 8.02. The van der Waals surface area contributed by atoms with Crippen LogP contribution in [0.3, 0.4) is 0 Å². The first-order valence-electron chi connectivity index (χ1n) is 11.7. The van der Waals surface area contributed by atoms with E-state index in [9.17, 15) is 14.4 Å². The molecular formula is C25H23FN4O6. The van der Waals surface area contributed by atoms with E-state index in [-0.39, 0.29) is 48.2 Å². The summed E-state index contributed by atoms with van der Waals surface area (Å²) >= 11 is 0. The molecule has 2 saturated heterocycles. The molecule has 0 aliphatic carbocycles. The third-order valence-corrected chi connectivity index (χ3v) is 7.15. The van der Waals surface area contributed by atoms with E-state index in [1.165, 1.54) is 0 Å². The van der Waals surface area contributed by atoms with Crippen molar-refractivity contribution in [1.82, 2.24) is 15.8 Å². The molecule has 4 amide bonds. The molecular weight excluding hydrogens is 471 g/mol. The number of benzene rings is 2. The molecule has 1 aromatic heterocycles. The Hall–Kier alpha value is -3.99.